The third kappa shape index (κ3) is 2.91. The Morgan fingerprint density at radius 1 is 1.38 bits per heavy atom. The van der Waals surface area contributed by atoms with Gasteiger partial charge in [0.2, 0.25) is 5.91 Å². The zero-order valence-electron chi connectivity index (χ0n) is 10.6. The largest absolute Gasteiger partial charge is 0.325 e. The molecule has 0 unspecified atom stereocenters. The van der Waals surface area contributed by atoms with Gasteiger partial charge < -0.3 is 10.6 Å². The standard InChI is InChI=1S/C14H9BrClN3O2/c15-12-4-7(1-2-17-12)14(21)19-11-3-8-5-13(20)18-10(8)6-9(11)16/h1-4,6H,5H2,(H,18,20)(H,19,21). The van der Waals surface area contributed by atoms with E-state index in [0.29, 0.717) is 26.6 Å². The first-order valence-electron chi connectivity index (χ1n) is 6.08. The number of hydrogen-bond donors (Lipinski definition) is 2. The second-order valence-corrected chi connectivity index (χ2v) is 5.76. The summed E-state index contributed by atoms with van der Waals surface area (Å²) >= 11 is 9.35. The molecule has 2 amide bonds. The van der Waals surface area contributed by atoms with Crippen LogP contribution in [0.1, 0.15) is 15.9 Å². The Balaban J connectivity index is 1.87. The van der Waals surface area contributed by atoms with Gasteiger partial charge in [-0.15, -0.1) is 0 Å². The van der Waals surface area contributed by atoms with Gasteiger partial charge >= 0.3 is 0 Å². The molecule has 0 aliphatic carbocycles. The molecule has 2 heterocycles. The van der Waals surface area contributed by atoms with Gasteiger partial charge in [-0.3, -0.25) is 9.59 Å². The molecule has 1 aromatic heterocycles. The molecule has 0 bridgehead atoms. The molecule has 1 aliphatic rings. The summed E-state index contributed by atoms with van der Waals surface area (Å²) in [4.78, 5) is 27.5. The van der Waals surface area contributed by atoms with E-state index in [0.717, 1.165) is 5.56 Å². The van der Waals surface area contributed by atoms with Crippen LogP contribution < -0.4 is 10.6 Å². The molecule has 21 heavy (non-hydrogen) atoms. The summed E-state index contributed by atoms with van der Waals surface area (Å²) in [5, 5.41) is 5.82. The maximum atomic E-state index is 12.2. The first-order chi connectivity index (χ1) is 10.0. The summed E-state index contributed by atoms with van der Waals surface area (Å²) in [5.74, 6) is -0.375. The summed E-state index contributed by atoms with van der Waals surface area (Å²) in [6.45, 7) is 0. The number of fused-ring (bicyclic) bond motifs is 1. The third-order valence-electron chi connectivity index (χ3n) is 3.05. The molecular weight excluding hydrogens is 358 g/mol. The quantitative estimate of drug-likeness (QED) is 0.802. The Labute approximate surface area is 133 Å². The van der Waals surface area contributed by atoms with Crippen LogP contribution in [0.25, 0.3) is 0 Å². The van der Waals surface area contributed by atoms with Crippen LogP contribution >= 0.6 is 27.5 Å². The van der Waals surface area contributed by atoms with E-state index in [4.69, 9.17) is 11.6 Å². The number of halogens is 2. The van der Waals surface area contributed by atoms with Gasteiger partial charge in [0.1, 0.15) is 4.60 Å². The Bertz CT molecular complexity index is 764. The van der Waals surface area contributed by atoms with Crippen molar-refractivity contribution in [1.29, 1.82) is 0 Å². The van der Waals surface area contributed by atoms with Crippen molar-refractivity contribution in [3.05, 3.63) is 51.2 Å². The van der Waals surface area contributed by atoms with E-state index in [1.165, 1.54) is 6.20 Å². The summed E-state index contributed by atoms with van der Waals surface area (Å²) in [7, 11) is 0. The zero-order chi connectivity index (χ0) is 15.0. The Hall–Kier alpha value is -1.92. The van der Waals surface area contributed by atoms with Gasteiger partial charge in [-0.2, -0.15) is 0 Å². The molecule has 0 saturated heterocycles. The van der Waals surface area contributed by atoms with Crippen LogP contribution in [0.3, 0.4) is 0 Å². The van der Waals surface area contributed by atoms with Crippen LogP contribution in [-0.4, -0.2) is 16.8 Å². The Kier molecular flexibility index (Phi) is 3.65. The fourth-order valence-corrected chi connectivity index (χ4v) is 2.66. The van der Waals surface area contributed by atoms with E-state index in [2.05, 4.69) is 31.5 Å². The lowest BCUT2D eigenvalue weighted by atomic mass is 10.1. The Morgan fingerprint density at radius 2 is 2.19 bits per heavy atom. The zero-order valence-corrected chi connectivity index (χ0v) is 13.0. The highest BCUT2D eigenvalue weighted by atomic mass is 79.9. The van der Waals surface area contributed by atoms with Crippen LogP contribution in [0.2, 0.25) is 5.02 Å². The molecule has 7 heteroatoms. The summed E-state index contributed by atoms with van der Waals surface area (Å²) in [5.41, 5.74) is 2.44. The molecule has 106 valence electrons. The van der Waals surface area contributed by atoms with Crippen LogP contribution in [0.4, 0.5) is 11.4 Å². The lowest BCUT2D eigenvalue weighted by Gasteiger charge is -2.09. The molecule has 0 atom stereocenters. The SMILES string of the molecule is O=C1Cc2cc(NC(=O)c3ccnc(Br)c3)c(Cl)cc2N1. The highest BCUT2D eigenvalue weighted by molar-refractivity contribution is 9.10. The summed E-state index contributed by atoms with van der Waals surface area (Å²) in [6, 6.07) is 6.57. The minimum atomic E-state index is -0.294. The molecule has 1 aromatic carbocycles. The van der Waals surface area contributed by atoms with Crippen molar-refractivity contribution in [1.82, 2.24) is 4.98 Å². The molecule has 2 aromatic rings. The molecule has 3 rings (SSSR count). The van der Waals surface area contributed by atoms with E-state index in [9.17, 15) is 9.59 Å². The second kappa shape index (κ2) is 5.46. The predicted octanol–water partition coefficient (Wildman–Crippen LogP) is 3.24. The smallest absolute Gasteiger partial charge is 0.255 e. The van der Waals surface area contributed by atoms with Crippen molar-refractivity contribution < 1.29 is 9.59 Å². The van der Waals surface area contributed by atoms with E-state index in [-0.39, 0.29) is 18.2 Å². The molecule has 0 saturated carbocycles. The number of anilines is 2. The van der Waals surface area contributed by atoms with Crippen molar-refractivity contribution in [2.75, 3.05) is 10.6 Å². The number of carbonyl (C=O) groups excluding carboxylic acids is 2. The van der Waals surface area contributed by atoms with Gasteiger partial charge in [-0.25, -0.2) is 4.98 Å². The molecular formula is C14H9BrClN3O2. The average molecular weight is 367 g/mol. The number of nitrogens with zero attached hydrogens (tertiary/aromatic N) is 1. The fourth-order valence-electron chi connectivity index (χ4n) is 2.08. The number of aromatic nitrogens is 1. The summed E-state index contributed by atoms with van der Waals surface area (Å²) in [6.07, 6.45) is 1.82. The van der Waals surface area contributed by atoms with Gasteiger partial charge in [-0.1, -0.05) is 11.6 Å². The normalized spacial score (nSPS) is 12.8. The van der Waals surface area contributed by atoms with Crippen molar-refractivity contribution >= 4 is 50.7 Å². The predicted molar refractivity (Wildman–Crippen MR) is 83.7 cm³/mol. The minimum Gasteiger partial charge on any atom is -0.325 e. The molecule has 1 aliphatic heterocycles. The van der Waals surface area contributed by atoms with Gasteiger partial charge in [0.25, 0.3) is 5.91 Å². The number of benzene rings is 1. The van der Waals surface area contributed by atoms with Crippen molar-refractivity contribution in [2.24, 2.45) is 0 Å². The molecule has 0 fully saturated rings. The van der Waals surface area contributed by atoms with Crippen LogP contribution in [0, 0.1) is 0 Å². The monoisotopic (exact) mass is 365 g/mol. The van der Waals surface area contributed by atoms with Crippen molar-refractivity contribution in [2.45, 2.75) is 6.42 Å². The van der Waals surface area contributed by atoms with E-state index >= 15 is 0 Å². The van der Waals surface area contributed by atoms with Gasteiger partial charge in [0.05, 0.1) is 17.1 Å². The van der Waals surface area contributed by atoms with E-state index < -0.39 is 0 Å². The minimum absolute atomic E-state index is 0.0809. The lowest BCUT2D eigenvalue weighted by Crippen LogP contribution is -2.12. The van der Waals surface area contributed by atoms with Crippen LogP contribution in [0.15, 0.2) is 35.1 Å². The highest BCUT2D eigenvalue weighted by Crippen LogP contribution is 2.33. The van der Waals surface area contributed by atoms with Gasteiger partial charge in [0, 0.05) is 17.4 Å². The molecule has 2 N–H and O–H groups in total. The Morgan fingerprint density at radius 3 is 2.95 bits per heavy atom. The third-order valence-corrected chi connectivity index (χ3v) is 3.80. The van der Waals surface area contributed by atoms with Crippen molar-refractivity contribution in [3.63, 3.8) is 0 Å². The van der Waals surface area contributed by atoms with Crippen LogP contribution in [-0.2, 0) is 11.2 Å². The van der Waals surface area contributed by atoms with E-state index in [1.54, 1.807) is 24.3 Å². The molecule has 0 spiro atoms. The van der Waals surface area contributed by atoms with Crippen LogP contribution in [0.5, 0.6) is 0 Å². The number of pyridine rings is 1. The number of rotatable bonds is 2. The second-order valence-electron chi connectivity index (χ2n) is 4.54. The van der Waals surface area contributed by atoms with E-state index in [1.807, 2.05) is 0 Å². The number of amides is 2. The fraction of sp³-hybridized carbons (Fsp3) is 0.0714. The topological polar surface area (TPSA) is 71.1 Å². The first-order valence-corrected chi connectivity index (χ1v) is 7.25. The average Bonchev–Trinajstić information content (AvgIpc) is 2.78. The number of carbonyl (C=O) groups is 2. The number of nitrogens with one attached hydrogen (secondary N) is 2. The molecule has 0 radical (unpaired) electrons. The first kappa shape index (κ1) is 14.0. The lowest BCUT2D eigenvalue weighted by molar-refractivity contribution is -0.115. The van der Waals surface area contributed by atoms with Gasteiger partial charge in [-0.05, 0) is 45.8 Å². The maximum absolute atomic E-state index is 12.2. The highest BCUT2D eigenvalue weighted by Gasteiger charge is 2.20. The van der Waals surface area contributed by atoms with Gasteiger partial charge in [0.15, 0.2) is 0 Å². The molecule has 5 nitrogen and oxygen atoms in total. The number of hydrogen-bond acceptors (Lipinski definition) is 3. The van der Waals surface area contributed by atoms with Crippen molar-refractivity contribution in [3.8, 4) is 0 Å². The summed E-state index contributed by atoms with van der Waals surface area (Å²) < 4.78 is 0.574. The maximum Gasteiger partial charge on any atom is 0.255 e.